The Morgan fingerprint density at radius 3 is 2.08 bits per heavy atom. The number of hydrogen-bond acceptors (Lipinski definition) is 5. The van der Waals surface area contributed by atoms with Crippen molar-refractivity contribution in [2.24, 2.45) is 0 Å². The second kappa shape index (κ2) is 8.24. The zero-order chi connectivity index (χ0) is 17.5. The van der Waals surface area contributed by atoms with Crippen molar-refractivity contribution in [1.82, 2.24) is 10.8 Å². The molecule has 0 aliphatic carbocycles. The highest BCUT2D eigenvalue weighted by atomic mass is 16.5. The molecular weight excluding hydrogens is 306 g/mol. The second-order valence-electron chi connectivity index (χ2n) is 5.61. The average molecular weight is 327 g/mol. The number of ketones is 1. The molecule has 0 atom stereocenters. The summed E-state index contributed by atoms with van der Waals surface area (Å²) in [6, 6.07) is 14.2. The van der Waals surface area contributed by atoms with Crippen LogP contribution in [0.3, 0.4) is 0 Å². The van der Waals surface area contributed by atoms with Crippen molar-refractivity contribution < 1.29 is 14.8 Å². The fraction of sp³-hybridized carbons (Fsp3) is 0.222. The molecule has 126 valence electrons. The van der Waals surface area contributed by atoms with Gasteiger partial charge in [-0.1, -0.05) is 12.1 Å². The predicted octanol–water partition coefficient (Wildman–Crippen LogP) is 1.84. The van der Waals surface area contributed by atoms with Gasteiger partial charge in [-0.3, -0.25) is 14.8 Å². The van der Waals surface area contributed by atoms with Crippen LogP contribution in [0.25, 0.3) is 0 Å². The molecule has 0 unspecified atom stereocenters. The molecule has 0 aliphatic rings. The number of hydrogen-bond donors (Lipinski definition) is 3. The number of hydroxylamine groups is 1. The Labute approximate surface area is 141 Å². The summed E-state index contributed by atoms with van der Waals surface area (Å²) in [5, 5.41) is 11.7. The summed E-state index contributed by atoms with van der Waals surface area (Å²) in [6.45, 7) is 0.753. The highest BCUT2D eigenvalue weighted by Gasteiger charge is 2.07. The van der Waals surface area contributed by atoms with E-state index in [1.54, 1.807) is 29.7 Å². The first-order valence-electron chi connectivity index (χ1n) is 7.56. The van der Waals surface area contributed by atoms with Crippen LogP contribution in [0.15, 0.2) is 48.5 Å². The van der Waals surface area contributed by atoms with Crippen molar-refractivity contribution in [3.8, 4) is 0 Å². The van der Waals surface area contributed by atoms with Gasteiger partial charge in [0.05, 0.1) is 6.54 Å². The van der Waals surface area contributed by atoms with E-state index in [0.717, 1.165) is 11.3 Å². The highest BCUT2D eigenvalue weighted by molar-refractivity contribution is 5.97. The number of amides is 1. The Hall–Kier alpha value is -2.70. The lowest BCUT2D eigenvalue weighted by atomic mass is 10.1. The number of Topliss-reactive ketones (excluding diaryl/α,β-unsaturated/α-hetero) is 1. The van der Waals surface area contributed by atoms with E-state index in [9.17, 15) is 9.59 Å². The van der Waals surface area contributed by atoms with Gasteiger partial charge in [0.2, 0.25) is 0 Å². The Morgan fingerprint density at radius 2 is 1.54 bits per heavy atom. The minimum Gasteiger partial charge on any atom is -0.378 e. The second-order valence-corrected chi connectivity index (χ2v) is 5.61. The van der Waals surface area contributed by atoms with E-state index in [2.05, 4.69) is 5.32 Å². The van der Waals surface area contributed by atoms with E-state index in [-0.39, 0.29) is 12.3 Å². The standard InChI is InChI=1S/C18H21N3O3/c1-21(2)16-9-7-14(8-10-16)17(22)12-19-11-13-3-5-15(6-4-13)18(23)20-24/h3-10,19,24H,11-12H2,1-2H3,(H,20,23). The van der Waals surface area contributed by atoms with Crippen molar-refractivity contribution >= 4 is 17.4 Å². The zero-order valence-corrected chi connectivity index (χ0v) is 13.7. The first kappa shape index (κ1) is 17.7. The van der Waals surface area contributed by atoms with Gasteiger partial charge in [-0.15, -0.1) is 0 Å². The zero-order valence-electron chi connectivity index (χ0n) is 13.7. The summed E-state index contributed by atoms with van der Waals surface area (Å²) in [7, 11) is 3.90. The van der Waals surface area contributed by atoms with E-state index in [1.807, 2.05) is 43.3 Å². The van der Waals surface area contributed by atoms with Crippen LogP contribution in [0.5, 0.6) is 0 Å². The van der Waals surface area contributed by atoms with Gasteiger partial charge >= 0.3 is 0 Å². The van der Waals surface area contributed by atoms with Gasteiger partial charge in [0, 0.05) is 37.5 Å². The number of rotatable bonds is 7. The van der Waals surface area contributed by atoms with Crippen LogP contribution in [-0.2, 0) is 6.54 Å². The van der Waals surface area contributed by atoms with Gasteiger partial charge in [0.25, 0.3) is 5.91 Å². The molecule has 0 aliphatic heterocycles. The number of nitrogens with zero attached hydrogens (tertiary/aromatic N) is 1. The molecule has 0 saturated carbocycles. The molecule has 1 amide bonds. The summed E-state index contributed by atoms with van der Waals surface area (Å²) >= 11 is 0. The third-order valence-electron chi connectivity index (χ3n) is 3.64. The Balaban J connectivity index is 1.85. The normalized spacial score (nSPS) is 10.3. The molecule has 2 rings (SSSR count). The van der Waals surface area contributed by atoms with Gasteiger partial charge in [-0.2, -0.15) is 0 Å². The molecule has 0 heterocycles. The lowest BCUT2D eigenvalue weighted by Crippen LogP contribution is -2.23. The van der Waals surface area contributed by atoms with E-state index < -0.39 is 5.91 Å². The van der Waals surface area contributed by atoms with Crippen LogP contribution in [0.1, 0.15) is 26.3 Å². The molecule has 2 aromatic carbocycles. The van der Waals surface area contributed by atoms with Crippen LogP contribution >= 0.6 is 0 Å². The van der Waals surface area contributed by atoms with Gasteiger partial charge in [-0.25, -0.2) is 5.48 Å². The van der Waals surface area contributed by atoms with Crippen LogP contribution in [0, 0.1) is 0 Å². The minimum atomic E-state index is -0.550. The minimum absolute atomic E-state index is 0.0246. The monoisotopic (exact) mass is 327 g/mol. The maximum absolute atomic E-state index is 12.1. The summed E-state index contributed by atoms with van der Waals surface area (Å²) < 4.78 is 0. The number of anilines is 1. The smallest absolute Gasteiger partial charge is 0.274 e. The van der Waals surface area contributed by atoms with Gasteiger partial charge in [0.1, 0.15) is 0 Å². The van der Waals surface area contributed by atoms with E-state index in [4.69, 9.17) is 5.21 Å². The fourth-order valence-electron chi connectivity index (χ4n) is 2.21. The average Bonchev–Trinajstić information content (AvgIpc) is 2.61. The van der Waals surface area contributed by atoms with Gasteiger partial charge in [-0.05, 0) is 42.0 Å². The molecule has 0 aromatic heterocycles. The third kappa shape index (κ3) is 4.65. The molecule has 0 fully saturated rings. The van der Waals surface area contributed by atoms with Crippen molar-refractivity contribution in [3.05, 3.63) is 65.2 Å². The van der Waals surface area contributed by atoms with Crippen molar-refractivity contribution in [2.45, 2.75) is 6.54 Å². The lowest BCUT2D eigenvalue weighted by Gasteiger charge is -2.12. The number of carbonyl (C=O) groups is 2. The molecule has 0 spiro atoms. The molecule has 6 nitrogen and oxygen atoms in total. The Kier molecular flexibility index (Phi) is 6.06. The molecule has 3 N–H and O–H groups in total. The SMILES string of the molecule is CN(C)c1ccc(C(=O)CNCc2ccc(C(=O)NO)cc2)cc1. The maximum Gasteiger partial charge on any atom is 0.274 e. The molecule has 24 heavy (non-hydrogen) atoms. The number of carbonyl (C=O) groups excluding carboxylic acids is 2. The fourth-order valence-corrected chi connectivity index (χ4v) is 2.21. The van der Waals surface area contributed by atoms with Crippen LogP contribution < -0.4 is 15.7 Å². The Morgan fingerprint density at radius 1 is 0.958 bits per heavy atom. The molecule has 0 saturated heterocycles. The van der Waals surface area contributed by atoms with Crippen molar-refractivity contribution in [3.63, 3.8) is 0 Å². The molecule has 0 bridgehead atoms. The highest BCUT2D eigenvalue weighted by Crippen LogP contribution is 2.12. The van der Waals surface area contributed by atoms with Crippen LogP contribution in [0.4, 0.5) is 5.69 Å². The van der Waals surface area contributed by atoms with E-state index in [0.29, 0.717) is 17.7 Å². The molecular formula is C18H21N3O3. The van der Waals surface area contributed by atoms with E-state index >= 15 is 0 Å². The van der Waals surface area contributed by atoms with Crippen LogP contribution in [0.2, 0.25) is 0 Å². The molecule has 2 aromatic rings. The predicted molar refractivity (Wildman–Crippen MR) is 92.5 cm³/mol. The molecule has 6 heteroatoms. The van der Waals surface area contributed by atoms with Gasteiger partial charge < -0.3 is 10.2 Å². The van der Waals surface area contributed by atoms with Crippen LogP contribution in [-0.4, -0.2) is 37.5 Å². The number of benzene rings is 2. The van der Waals surface area contributed by atoms with E-state index in [1.165, 1.54) is 0 Å². The summed E-state index contributed by atoms with van der Waals surface area (Å²) in [4.78, 5) is 25.3. The summed E-state index contributed by atoms with van der Waals surface area (Å²) in [5.41, 5.74) is 4.62. The van der Waals surface area contributed by atoms with Crippen molar-refractivity contribution in [2.75, 3.05) is 25.5 Å². The van der Waals surface area contributed by atoms with Crippen molar-refractivity contribution in [1.29, 1.82) is 0 Å². The number of nitrogens with one attached hydrogen (secondary N) is 2. The largest absolute Gasteiger partial charge is 0.378 e. The first-order chi connectivity index (χ1) is 11.5. The quantitative estimate of drug-likeness (QED) is 0.411. The third-order valence-corrected chi connectivity index (χ3v) is 3.64. The summed E-state index contributed by atoms with van der Waals surface area (Å²) in [5.74, 6) is -0.526. The summed E-state index contributed by atoms with van der Waals surface area (Å²) in [6.07, 6.45) is 0. The van der Waals surface area contributed by atoms with Gasteiger partial charge in [0.15, 0.2) is 5.78 Å². The lowest BCUT2D eigenvalue weighted by molar-refractivity contribution is 0.0706. The topological polar surface area (TPSA) is 81.7 Å². The maximum atomic E-state index is 12.1. The molecule has 0 radical (unpaired) electrons. The Bertz CT molecular complexity index is 694. The first-order valence-corrected chi connectivity index (χ1v) is 7.56.